The normalized spacial score (nSPS) is 12.2. The number of thioether (sulfide) groups is 2. The fourth-order valence-electron chi connectivity index (χ4n) is 2.35. The summed E-state index contributed by atoms with van der Waals surface area (Å²) < 4.78 is 2.14. The summed E-state index contributed by atoms with van der Waals surface area (Å²) in [6.45, 7) is 0.931. The minimum Gasteiger partial charge on any atom is -0.336 e. The van der Waals surface area contributed by atoms with Gasteiger partial charge in [-0.05, 0) is 42.0 Å². The summed E-state index contributed by atoms with van der Waals surface area (Å²) in [4.78, 5) is 5.38. The molecule has 25 heavy (non-hydrogen) atoms. The number of hydrogen-bond acceptors (Lipinski definition) is 3. The molecule has 3 aromatic rings. The summed E-state index contributed by atoms with van der Waals surface area (Å²) in [5, 5.41) is 2.00. The molecule has 1 heterocycles. The van der Waals surface area contributed by atoms with Crippen LogP contribution in [0.1, 0.15) is 5.56 Å². The zero-order valence-corrected chi connectivity index (χ0v) is 16.7. The lowest BCUT2D eigenvalue weighted by Crippen LogP contribution is -2.15. The quantitative estimate of drug-likeness (QED) is 0.408. The van der Waals surface area contributed by atoms with Gasteiger partial charge in [0.05, 0.1) is 6.33 Å². The van der Waals surface area contributed by atoms with Crippen LogP contribution < -0.4 is 0 Å². The van der Waals surface area contributed by atoms with Crippen molar-refractivity contribution in [2.24, 2.45) is 0 Å². The van der Waals surface area contributed by atoms with Gasteiger partial charge < -0.3 is 4.57 Å². The monoisotopic (exact) mass is 408 g/mol. The van der Waals surface area contributed by atoms with Crippen LogP contribution >= 0.6 is 46.7 Å². The summed E-state index contributed by atoms with van der Waals surface area (Å²) >= 11 is 15.8. The molecule has 0 spiro atoms. The average molecular weight is 409 g/mol. The van der Waals surface area contributed by atoms with E-state index in [1.165, 1.54) is 10.5 Å². The van der Waals surface area contributed by atoms with Crippen molar-refractivity contribution >= 4 is 46.7 Å². The Morgan fingerprint density at radius 3 is 2.28 bits per heavy atom. The van der Waals surface area contributed by atoms with E-state index in [0.29, 0.717) is 5.25 Å². The molecule has 2 nitrogen and oxygen atoms in total. The summed E-state index contributed by atoms with van der Waals surface area (Å²) in [5.41, 5.74) is 1.30. The van der Waals surface area contributed by atoms with E-state index >= 15 is 0 Å². The number of imidazole rings is 1. The number of halogens is 2. The number of rotatable bonds is 8. The maximum Gasteiger partial charge on any atom is 0.0946 e. The molecule has 0 amide bonds. The lowest BCUT2D eigenvalue weighted by Gasteiger charge is -2.17. The van der Waals surface area contributed by atoms with E-state index in [-0.39, 0.29) is 0 Å². The van der Waals surface area contributed by atoms with Gasteiger partial charge in [-0.25, -0.2) is 4.98 Å². The second-order valence-corrected chi connectivity index (χ2v) is 8.87. The Morgan fingerprint density at radius 2 is 1.64 bits per heavy atom. The van der Waals surface area contributed by atoms with Crippen molar-refractivity contribution in [1.29, 1.82) is 0 Å². The molecule has 0 aliphatic heterocycles. The first-order valence-electron chi connectivity index (χ1n) is 7.89. The van der Waals surface area contributed by atoms with Crippen LogP contribution in [0.25, 0.3) is 0 Å². The maximum atomic E-state index is 5.99. The Bertz CT molecular complexity index is 759. The van der Waals surface area contributed by atoms with Crippen LogP contribution in [0, 0.1) is 0 Å². The van der Waals surface area contributed by atoms with Crippen molar-refractivity contribution in [2.75, 3.05) is 5.75 Å². The van der Waals surface area contributed by atoms with E-state index in [0.717, 1.165) is 28.1 Å². The van der Waals surface area contributed by atoms with Crippen LogP contribution in [0.4, 0.5) is 0 Å². The smallest absolute Gasteiger partial charge is 0.0946 e. The second-order valence-electron chi connectivity index (χ2n) is 5.59. The SMILES string of the molecule is Clc1ccc(CSCC(Cn2ccnc2)Sc2ccc(Cl)cc2)cc1. The van der Waals surface area contributed by atoms with Gasteiger partial charge in [0, 0.05) is 50.6 Å². The first-order chi connectivity index (χ1) is 12.2. The van der Waals surface area contributed by atoms with Crippen molar-refractivity contribution in [2.45, 2.75) is 22.4 Å². The lowest BCUT2D eigenvalue weighted by atomic mass is 10.2. The van der Waals surface area contributed by atoms with Gasteiger partial charge in [0.25, 0.3) is 0 Å². The molecule has 0 aliphatic carbocycles. The van der Waals surface area contributed by atoms with E-state index in [1.54, 1.807) is 0 Å². The number of nitrogens with zero attached hydrogens (tertiary/aromatic N) is 2. The van der Waals surface area contributed by atoms with Crippen LogP contribution in [-0.2, 0) is 12.3 Å². The van der Waals surface area contributed by atoms with Crippen molar-refractivity contribution in [3.8, 4) is 0 Å². The summed E-state index contributed by atoms with van der Waals surface area (Å²) in [6, 6.07) is 16.1. The van der Waals surface area contributed by atoms with Crippen molar-refractivity contribution in [3.05, 3.63) is 82.9 Å². The second kappa shape index (κ2) is 9.58. The molecule has 0 saturated heterocycles. The van der Waals surface area contributed by atoms with Crippen LogP contribution in [0.2, 0.25) is 10.0 Å². The summed E-state index contributed by atoms with van der Waals surface area (Å²) in [5.74, 6) is 2.03. The molecular weight excluding hydrogens is 391 g/mol. The molecule has 0 N–H and O–H groups in total. The van der Waals surface area contributed by atoms with E-state index in [4.69, 9.17) is 23.2 Å². The van der Waals surface area contributed by atoms with Gasteiger partial charge in [0.15, 0.2) is 0 Å². The third-order valence-corrected chi connectivity index (χ3v) is 6.66. The molecule has 0 saturated carbocycles. The van der Waals surface area contributed by atoms with Crippen molar-refractivity contribution in [3.63, 3.8) is 0 Å². The summed E-state index contributed by atoms with van der Waals surface area (Å²) in [6.07, 6.45) is 5.71. The Balaban J connectivity index is 1.59. The molecular formula is C19H18Cl2N2S2. The molecule has 130 valence electrons. The first kappa shape index (κ1) is 18.7. The van der Waals surface area contributed by atoms with Crippen LogP contribution in [0.3, 0.4) is 0 Å². The molecule has 3 rings (SSSR count). The molecule has 0 aliphatic rings. The summed E-state index contributed by atoms with van der Waals surface area (Å²) in [7, 11) is 0. The Kier molecular flexibility index (Phi) is 7.17. The van der Waals surface area contributed by atoms with Gasteiger partial charge in [0.2, 0.25) is 0 Å². The molecule has 0 radical (unpaired) electrons. The van der Waals surface area contributed by atoms with Crippen LogP contribution in [0.15, 0.2) is 72.1 Å². The topological polar surface area (TPSA) is 17.8 Å². The van der Waals surface area contributed by atoms with Gasteiger partial charge >= 0.3 is 0 Å². The predicted molar refractivity (Wildman–Crippen MR) is 111 cm³/mol. The molecule has 6 heteroatoms. The van der Waals surface area contributed by atoms with Gasteiger partial charge in [-0.2, -0.15) is 11.8 Å². The zero-order valence-electron chi connectivity index (χ0n) is 13.5. The molecule has 1 atom stereocenters. The molecule has 2 aromatic carbocycles. The van der Waals surface area contributed by atoms with Gasteiger partial charge in [0.1, 0.15) is 0 Å². The largest absolute Gasteiger partial charge is 0.336 e. The van der Waals surface area contributed by atoms with E-state index in [9.17, 15) is 0 Å². The lowest BCUT2D eigenvalue weighted by molar-refractivity contribution is 0.695. The molecule has 1 aromatic heterocycles. The minimum absolute atomic E-state index is 0.452. The fourth-order valence-corrected chi connectivity index (χ4v) is 5.00. The highest BCUT2D eigenvalue weighted by molar-refractivity contribution is 8.03. The number of aromatic nitrogens is 2. The molecule has 0 fully saturated rings. The highest BCUT2D eigenvalue weighted by atomic mass is 35.5. The minimum atomic E-state index is 0.452. The van der Waals surface area contributed by atoms with Crippen molar-refractivity contribution in [1.82, 2.24) is 9.55 Å². The van der Waals surface area contributed by atoms with E-state index < -0.39 is 0 Å². The Hall–Kier alpha value is -1.07. The molecule has 0 bridgehead atoms. The van der Waals surface area contributed by atoms with Gasteiger partial charge in [-0.3, -0.25) is 0 Å². The van der Waals surface area contributed by atoms with Gasteiger partial charge in [-0.1, -0.05) is 35.3 Å². The predicted octanol–water partition coefficient (Wildman–Crippen LogP) is 6.28. The highest BCUT2D eigenvalue weighted by Crippen LogP contribution is 2.29. The Morgan fingerprint density at radius 1 is 0.960 bits per heavy atom. The Labute approximate surface area is 166 Å². The van der Waals surface area contributed by atoms with E-state index in [1.807, 2.05) is 66.5 Å². The maximum absolute atomic E-state index is 5.99. The third-order valence-electron chi connectivity index (χ3n) is 3.58. The van der Waals surface area contributed by atoms with Crippen LogP contribution in [0.5, 0.6) is 0 Å². The van der Waals surface area contributed by atoms with Crippen molar-refractivity contribution < 1.29 is 0 Å². The third kappa shape index (κ3) is 6.30. The van der Waals surface area contributed by atoms with Crippen LogP contribution in [-0.4, -0.2) is 20.6 Å². The molecule has 1 unspecified atom stereocenters. The number of benzene rings is 2. The van der Waals surface area contributed by atoms with E-state index in [2.05, 4.69) is 33.8 Å². The fraction of sp³-hybridized carbons (Fsp3) is 0.211. The highest BCUT2D eigenvalue weighted by Gasteiger charge is 2.12. The standard InChI is InChI=1S/C19H18Cl2N2S2/c20-16-3-1-15(2-4-16)12-24-13-19(11-23-10-9-22-14-23)25-18-7-5-17(21)6-8-18/h1-10,14,19H,11-13H2. The van der Waals surface area contributed by atoms with Gasteiger partial charge in [-0.15, -0.1) is 11.8 Å². The average Bonchev–Trinajstić information content (AvgIpc) is 3.12. The first-order valence-corrected chi connectivity index (χ1v) is 10.7. The zero-order chi connectivity index (χ0) is 17.5. The number of hydrogen-bond donors (Lipinski definition) is 0.